The summed E-state index contributed by atoms with van der Waals surface area (Å²) in [5.41, 5.74) is -1.39. The lowest BCUT2D eigenvalue weighted by atomic mass is 10.2. The summed E-state index contributed by atoms with van der Waals surface area (Å²) in [5.74, 6) is -3.86. The Bertz CT molecular complexity index is 838. The van der Waals surface area contributed by atoms with E-state index in [2.05, 4.69) is 4.74 Å². The van der Waals surface area contributed by atoms with Crippen molar-refractivity contribution in [2.45, 2.75) is 6.18 Å². The average molecular weight is 389 g/mol. The summed E-state index contributed by atoms with van der Waals surface area (Å²) in [6.45, 7) is -1.57. The molecule has 2 aromatic rings. The fourth-order valence-electron chi connectivity index (χ4n) is 1.87. The van der Waals surface area contributed by atoms with Gasteiger partial charge in [0.2, 0.25) is 0 Å². The molecule has 0 atom stereocenters. The van der Waals surface area contributed by atoms with Crippen LogP contribution in [0.5, 0.6) is 5.75 Å². The number of hydrogen-bond acceptors (Lipinski definition) is 4. The van der Waals surface area contributed by atoms with Gasteiger partial charge in [0, 0.05) is 6.07 Å². The van der Waals surface area contributed by atoms with Crippen LogP contribution < -0.4 is 10.1 Å². The third kappa shape index (κ3) is 6.24. The van der Waals surface area contributed by atoms with Crippen LogP contribution in [0.2, 0.25) is 0 Å². The second kappa shape index (κ2) is 8.47. The number of carbonyl (C=O) groups is 2. The van der Waals surface area contributed by atoms with Gasteiger partial charge in [-0.2, -0.15) is 13.2 Å². The first-order valence-corrected chi connectivity index (χ1v) is 7.36. The van der Waals surface area contributed by atoms with Crippen LogP contribution in [-0.4, -0.2) is 25.1 Å². The normalized spacial score (nSPS) is 11.0. The van der Waals surface area contributed by atoms with E-state index in [0.717, 1.165) is 30.3 Å². The fraction of sp³-hybridized carbons (Fsp3) is 0.176. The summed E-state index contributed by atoms with van der Waals surface area (Å²) in [5, 5.41) is 2.01. The van der Waals surface area contributed by atoms with Gasteiger partial charge in [0.15, 0.2) is 13.2 Å². The van der Waals surface area contributed by atoms with E-state index in [1.54, 1.807) is 0 Å². The quantitative estimate of drug-likeness (QED) is 0.606. The predicted molar refractivity (Wildman–Crippen MR) is 82.9 cm³/mol. The molecular weight excluding hydrogens is 377 g/mol. The zero-order valence-corrected chi connectivity index (χ0v) is 13.5. The number of anilines is 1. The number of carbonyl (C=O) groups excluding carboxylic acids is 2. The van der Waals surface area contributed by atoms with Crippen molar-refractivity contribution in [1.29, 1.82) is 0 Å². The van der Waals surface area contributed by atoms with Crippen LogP contribution in [0.4, 0.5) is 27.6 Å². The molecule has 0 unspecified atom stereocenters. The second-order valence-electron chi connectivity index (χ2n) is 5.15. The van der Waals surface area contributed by atoms with Crippen molar-refractivity contribution in [3.63, 3.8) is 0 Å². The highest BCUT2D eigenvalue weighted by Gasteiger charge is 2.30. The lowest BCUT2D eigenvalue weighted by molar-refractivity contribution is -0.149. The Labute approximate surface area is 149 Å². The van der Waals surface area contributed by atoms with Gasteiger partial charge in [0.05, 0.1) is 11.3 Å². The maximum atomic E-state index is 13.4. The van der Waals surface area contributed by atoms with Crippen molar-refractivity contribution >= 4 is 17.6 Å². The molecule has 0 aromatic heterocycles. The highest BCUT2D eigenvalue weighted by atomic mass is 19.4. The molecule has 0 heterocycles. The topological polar surface area (TPSA) is 64.6 Å². The molecule has 0 radical (unpaired) electrons. The Morgan fingerprint density at radius 3 is 2.44 bits per heavy atom. The van der Waals surface area contributed by atoms with Crippen LogP contribution in [0.25, 0.3) is 0 Å². The number of amides is 1. The number of halogens is 5. The monoisotopic (exact) mass is 389 g/mol. The summed E-state index contributed by atoms with van der Waals surface area (Å²) in [6.07, 6.45) is -4.57. The summed E-state index contributed by atoms with van der Waals surface area (Å²) >= 11 is 0. The molecule has 144 valence electrons. The molecule has 0 aliphatic rings. The molecule has 1 amide bonds. The van der Waals surface area contributed by atoms with E-state index in [1.807, 2.05) is 5.32 Å². The van der Waals surface area contributed by atoms with Crippen LogP contribution >= 0.6 is 0 Å². The van der Waals surface area contributed by atoms with E-state index in [4.69, 9.17) is 4.74 Å². The molecule has 0 saturated heterocycles. The minimum Gasteiger partial charge on any atom is -0.482 e. The SMILES string of the molecule is O=C(COC(=O)COc1cccc(C(F)(F)F)c1)Nc1cc(F)ccc1F. The van der Waals surface area contributed by atoms with Crippen LogP contribution in [0.15, 0.2) is 42.5 Å². The lowest BCUT2D eigenvalue weighted by Gasteiger charge is -2.10. The molecular formula is C17H12F5NO4. The number of esters is 1. The van der Waals surface area contributed by atoms with Crippen LogP contribution in [0.3, 0.4) is 0 Å². The van der Waals surface area contributed by atoms with Gasteiger partial charge in [-0.25, -0.2) is 13.6 Å². The summed E-state index contributed by atoms with van der Waals surface area (Å²) in [6, 6.07) is 6.25. The largest absolute Gasteiger partial charge is 0.482 e. The van der Waals surface area contributed by atoms with Crippen molar-refractivity contribution in [2.75, 3.05) is 18.5 Å². The van der Waals surface area contributed by atoms with Gasteiger partial charge >= 0.3 is 12.1 Å². The molecule has 5 nitrogen and oxygen atoms in total. The average Bonchev–Trinajstić information content (AvgIpc) is 2.61. The minimum absolute atomic E-state index is 0.215. The number of alkyl halides is 3. The van der Waals surface area contributed by atoms with Gasteiger partial charge in [-0.15, -0.1) is 0 Å². The molecule has 2 rings (SSSR count). The zero-order valence-electron chi connectivity index (χ0n) is 13.5. The molecule has 0 spiro atoms. The number of rotatable bonds is 6. The Hall–Kier alpha value is -3.17. The Morgan fingerprint density at radius 2 is 1.74 bits per heavy atom. The maximum absolute atomic E-state index is 13.4. The molecule has 0 aliphatic carbocycles. The van der Waals surface area contributed by atoms with Crippen molar-refractivity contribution in [2.24, 2.45) is 0 Å². The summed E-state index contributed by atoms with van der Waals surface area (Å²) in [7, 11) is 0. The van der Waals surface area contributed by atoms with Crippen LogP contribution in [0.1, 0.15) is 5.56 Å². The molecule has 0 aliphatic heterocycles. The molecule has 27 heavy (non-hydrogen) atoms. The Kier molecular flexibility index (Phi) is 6.32. The Morgan fingerprint density at radius 1 is 1.00 bits per heavy atom. The van der Waals surface area contributed by atoms with Crippen LogP contribution in [-0.2, 0) is 20.5 Å². The number of hydrogen-bond donors (Lipinski definition) is 1. The highest BCUT2D eigenvalue weighted by molar-refractivity contribution is 5.92. The molecule has 1 N–H and O–H groups in total. The van der Waals surface area contributed by atoms with E-state index >= 15 is 0 Å². The van der Waals surface area contributed by atoms with E-state index in [9.17, 15) is 31.5 Å². The maximum Gasteiger partial charge on any atom is 0.416 e. The van der Waals surface area contributed by atoms with Crippen molar-refractivity contribution in [3.8, 4) is 5.75 Å². The molecule has 2 aromatic carbocycles. The number of nitrogens with one attached hydrogen (secondary N) is 1. The minimum atomic E-state index is -4.57. The van der Waals surface area contributed by atoms with E-state index in [0.29, 0.717) is 6.07 Å². The summed E-state index contributed by atoms with van der Waals surface area (Å²) < 4.78 is 73.5. The van der Waals surface area contributed by atoms with Gasteiger partial charge in [-0.1, -0.05) is 6.07 Å². The Balaban J connectivity index is 1.81. The predicted octanol–water partition coefficient (Wildman–Crippen LogP) is 3.54. The number of ether oxygens (including phenoxy) is 2. The van der Waals surface area contributed by atoms with Crippen molar-refractivity contribution in [1.82, 2.24) is 0 Å². The van der Waals surface area contributed by atoms with E-state index < -0.39 is 54.2 Å². The van der Waals surface area contributed by atoms with Gasteiger partial charge < -0.3 is 14.8 Å². The third-order valence-electron chi connectivity index (χ3n) is 3.08. The van der Waals surface area contributed by atoms with Crippen LogP contribution in [0, 0.1) is 11.6 Å². The first-order chi connectivity index (χ1) is 12.6. The van der Waals surface area contributed by atoms with Gasteiger partial charge in [0.25, 0.3) is 5.91 Å². The second-order valence-corrected chi connectivity index (χ2v) is 5.15. The molecule has 10 heteroatoms. The fourth-order valence-corrected chi connectivity index (χ4v) is 1.87. The number of benzene rings is 2. The van der Waals surface area contributed by atoms with Gasteiger partial charge in [-0.3, -0.25) is 4.79 Å². The third-order valence-corrected chi connectivity index (χ3v) is 3.08. The van der Waals surface area contributed by atoms with Crippen molar-refractivity contribution < 1.29 is 41.0 Å². The van der Waals surface area contributed by atoms with E-state index in [1.165, 1.54) is 6.07 Å². The first kappa shape index (κ1) is 20.1. The zero-order chi connectivity index (χ0) is 20.0. The van der Waals surface area contributed by atoms with Gasteiger partial charge in [0.1, 0.15) is 17.4 Å². The smallest absolute Gasteiger partial charge is 0.416 e. The first-order valence-electron chi connectivity index (χ1n) is 7.36. The van der Waals surface area contributed by atoms with Gasteiger partial charge in [-0.05, 0) is 30.3 Å². The van der Waals surface area contributed by atoms with Crippen molar-refractivity contribution in [3.05, 3.63) is 59.7 Å². The summed E-state index contributed by atoms with van der Waals surface area (Å²) in [4.78, 5) is 23.1. The molecule has 0 fully saturated rings. The molecule has 0 saturated carbocycles. The standard InChI is InChI=1S/C17H12F5NO4/c18-11-4-5-13(19)14(7-11)23-15(24)8-27-16(25)9-26-12-3-1-2-10(6-12)17(20,21)22/h1-7H,8-9H2,(H,23,24). The lowest BCUT2D eigenvalue weighted by Crippen LogP contribution is -2.24. The molecule has 0 bridgehead atoms. The van der Waals surface area contributed by atoms with E-state index in [-0.39, 0.29) is 5.75 Å². The highest BCUT2D eigenvalue weighted by Crippen LogP contribution is 2.31.